The van der Waals surface area contributed by atoms with Crippen molar-refractivity contribution in [1.82, 2.24) is 0 Å². The number of carbonyl (C=O) groups excluding carboxylic acids is 2. The van der Waals surface area contributed by atoms with Gasteiger partial charge in [0, 0.05) is 24.4 Å². The van der Waals surface area contributed by atoms with Gasteiger partial charge in [-0.2, -0.15) is 0 Å². The van der Waals surface area contributed by atoms with Crippen molar-refractivity contribution in [1.29, 1.82) is 0 Å². The minimum Gasteiger partial charge on any atom is -0.454 e. The van der Waals surface area contributed by atoms with Crippen LogP contribution < -0.4 is 14.4 Å². The van der Waals surface area contributed by atoms with Gasteiger partial charge < -0.3 is 9.64 Å². The second-order valence-electron chi connectivity index (χ2n) is 8.23. The minimum absolute atomic E-state index is 0.0569. The first kappa shape index (κ1) is 24.1. The van der Waals surface area contributed by atoms with Crippen molar-refractivity contribution >= 4 is 33.1 Å². The lowest BCUT2D eigenvalue weighted by atomic mass is 10.0. The Morgan fingerprint density at radius 2 is 1.54 bits per heavy atom. The fourth-order valence-electron chi connectivity index (χ4n) is 3.94. The summed E-state index contributed by atoms with van der Waals surface area (Å²) in [6.07, 6.45) is 0. The first-order valence-corrected chi connectivity index (χ1v) is 12.4. The number of anilines is 2. The third-order valence-corrected chi connectivity index (χ3v) is 7.21. The Morgan fingerprint density at radius 3 is 2.27 bits per heavy atom. The fraction of sp³-hybridized carbons (Fsp3) is 0.0370. The Kier molecular flexibility index (Phi) is 5.96. The molecule has 0 atom stereocenters. The van der Waals surface area contributed by atoms with Gasteiger partial charge in [-0.3, -0.25) is 14.3 Å². The van der Waals surface area contributed by atoms with E-state index >= 15 is 0 Å². The second kappa shape index (κ2) is 9.14. The number of nitrogens with one attached hydrogen (secondary N) is 1. The topological polar surface area (TPSA) is 92.8 Å². The molecule has 0 saturated heterocycles. The van der Waals surface area contributed by atoms with E-state index in [0.717, 1.165) is 12.1 Å². The molecule has 0 unspecified atom stereocenters. The first-order chi connectivity index (χ1) is 17.6. The van der Waals surface area contributed by atoms with Crippen molar-refractivity contribution in [3.8, 4) is 22.6 Å². The van der Waals surface area contributed by atoms with E-state index in [1.54, 1.807) is 30.3 Å². The number of hydrogen-bond acceptors (Lipinski definition) is 5. The van der Waals surface area contributed by atoms with E-state index in [9.17, 15) is 26.8 Å². The van der Waals surface area contributed by atoms with Crippen molar-refractivity contribution in [3.63, 3.8) is 0 Å². The maximum Gasteiger partial charge on any atom is 0.299 e. The van der Waals surface area contributed by atoms with E-state index in [1.807, 2.05) is 0 Å². The van der Waals surface area contributed by atoms with Crippen LogP contribution in [0, 0.1) is 11.6 Å². The molecule has 4 aromatic rings. The normalized spacial score (nSPS) is 13.0. The van der Waals surface area contributed by atoms with Crippen molar-refractivity contribution in [2.45, 2.75) is 4.90 Å². The zero-order chi connectivity index (χ0) is 26.3. The summed E-state index contributed by atoms with van der Waals surface area (Å²) in [5.74, 6) is -3.13. The maximum absolute atomic E-state index is 14.3. The third kappa shape index (κ3) is 4.54. The summed E-state index contributed by atoms with van der Waals surface area (Å²) in [6, 6.07) is 19.6. The number of halogens is 2. The number of benzene rings is 4. The molecule has 10 heteroatoms. The summed E-state index contributed by atoms with van der Waals surface area (Å²) in [5.41, 5.74) is 1.57. The van der Waals surface area contributed by atoms with Crippen LogP contribution in [0.25, 0.3) is 11.1 Å². The Morgan fingerprint density at radius 1 is 0.811 bits per heavy atom. The summed E-state index contributed by atoms with van der Waals surface area (Å²) in [5, 5.41) is 0. The second-order valence-corrected chi connectivity index (χ2v) is 9.91. The van der Waals surface area contributed by atoms with Gasteiger partial charge in [0.2, 0.25) is 0 Å². The van der Waals surface area contributed by atoms with E-state index in [-0.39, 0.29) is 27.6 Å². The third-order valence-electron chi connectivity index (χ3n) is 5.81. The van der Waals surface area contributed by atoms with Gasteiger partial charge in [-0.05, 0) is 60.2 Å². The molecule has 0 fully saturated rings. The summed E-state index contributed by atoms with van der Waals surface area (Å²) in [6.45, 7) is 0. The van der Waals surface area contributed by atoms with Gasteiger partial charge in [0.1, 0.15) is 11.6 Å². The van der Waals surface area contributed by atoms with E-state index in [0.29, 0.717) is 22.9 Å². The lowest BCUT2D eigenvalue weighted by molar-refractivity contribution is -0.114. The number of carbonyl (C=O) groups is 2. The van der Waals surface area contributed by atoms with Crippen LogP contribution >= 0.6 is 0 Å². The van der Waals surface area contributed by atoms with Gasteiger partial charge in [-0.1, -0.05) is 24.3 Å². The largest absolute Gasteiger partial charge is 0.454 e. The molecule has 0 aromatic heterocycles. The maximum atomic E-state index is 14.3. The summed E-state index contributed by atoms with van der Waals surface area (Å²) >= 11 is 0. The molecule has 1 aliphatic heterocycles. The molecule has 0 bridgehead atoms. The zero-order valence-corrected chi connectivity index (χ0v) is 20.1. The average molecular weight is 521 g/mol. The number of ketones is 1. The molecule has 1 N–H and O–H groups in total. The molecule has 7 nitrogen and oxygen atoms in total. The van der Waals surface area contributed by atoms with Gasteiger partial charge in [0.05, 0.1) is 16.1 Å². The number of nitrogens with zero attached hydrogens (tertiary/aromatic N) is 1. The predicted octanol–water partition coefficient (Wildman–Crippen LogP) is 5.38. The van der Waals surface area contributed by atoms with E-state index in [4.69, 9.17) is 4.74 Å². The molecular formula is C27H18F2N2O5S. The Bertz CT molecular complexity index is 1670. The number of sulfonamides is 1. The van der Waals surface area contributed by atoms with Crippen molar-refractivity contribution in [2.24, 2.45) is 0 Å². The highest BCUT2D eigenvalue weighted by Gasteiger charge is 2.33. The smallest absolute Gasteiger partial charge is 0.299 e. The van der Waals surface area contributed by atoms with Crippen molar-refractivity contribution in [3.05, 3.63) is 102 Å². The summed E-state index contributed by atoms with van der Waals surface area (Å²) in [4.78, 5) is 25.6. The molecule has 37 heavy (non-hydrogen) atoms. The van der Waals surface area contributed by atoms with Crippen molar-refractivity contribution in [2.75, 3.05) is 16.7 Å². The number of hydrogen-bond donors (Lipinski definition) is 1. The fourth-order valence-corrected chi connectivity index (χ4v) is 5.01. The van der Waals surface area contributed by atoms with Crippen molar-refractivity contribution < 1.29 is 31.5 Å². The highest BCUT2D eigenvalue weighted by molar-refractivity contribution is 7.92. The molecule has 186 valence electrons. The van der Waals surface area contributed by atoms with Gasteiger partial charge in [-0.25, -0.2) is 17.2 Å². The molecule has 0 spiro atoms. The number of amides is 1. The average Bonchev–Trinajstić information content (AvgIpc) is 3.10. The highest BCUT2D eigenvalue weighted by Crippen LogP contribution is 2.40. The summed E-state index contributed by atoms with van der Waals surface area (Å²) in [7, 11) is -2.45. The van der Waals surface area contributed by atoms with Crippen LogP contribution in [0.5, 0.6) is 11.5 Å². The lowest BCUT2D eigenvalue weighted by Crippen LogP contribution is -2.24. The Hall–Kier alpha value is -4.57. The predicted molar refractivity (Wildman–Crippen MR) is 133 cm³/mol. The van der Waals surface area contributed by atoms with Crippen LogP contribution in [0.4, 0.5) is 20.2 Å². The number of likely N-dealkylation sites (N-methyl/N-ethyl adjacent to an activating group) is 1. The zero-order valence-electron chi connectivity index (χ0n) is 19.2. The Labute approximate surface area is 211 Å². The molecule has 0 radical (unpaired) electrons. The van der Waals surface area contributed by atoms with Gasteiger partial charge in [0.15, 0.2) is 11.6 Å². The monoisotopic (exact) mass is 520 g/mol. The van der Waals surface area contributed by atoms with Gasteiger partial charge in [0.25, 0.3) is 21.7 Å². The van der Waals surface area contributed by atoms with Crippen LogP contribution in [-0.2, 0) is 14.8 Å². The molecule has 0 saturated carbocycles. The van der Waals surface area contributed by atoms with Crippen LogP contribution in [0.1, 0.15) is 10.4 Å². The number of ether oxygens (including phenoxy) is 1. The minimum atomic E-state index is -3.92. The molecule has 1 aliphatic rings. The molecule has 1 heterocycles. The Balaban J connectivity index is 1.60. The standard InChI is InChI=1S/C27H18F2N2O5S/c1-31-23-13-16(7-10-20(23)26(32)27(31)33)21-15-18(30-37(34,35)19-5-3-2-4-6-19)9-12-24(21)36-25-11-8-17(28)14-22(25)29/h2-15,30H,1H3. The van der Waals surface area contributed by atoms with Crippen LogP contribution in [0.2, 0.25) is 0 Å². The quantitative estimate of drug-likeness (QED) is 0.345. The van der Waals surface area contributed by atoms with Crippen LogP contribution in [-0.4, -0.2) is 27.2 Å². The van der Waals surface area contributed by atoms with E-state index < -0.39 is 33.3 Å². The number of rotatable bonds is 6. The van der Waals surface area contributed by atoms with Gasteiger partial charge >= 0.3 is 0 Å². The highest BCUT2D eigenvalue weighted by atomic mass is 32.2. The molecule has 0 aliphatic carbocycles. The van der Waals surface area contributed by atoms with Gasteiger partial charge in [-0.15, -0.1) is 0 Å². The lowest BCUT2D eigenvalue weighted by Gasteiger charge is -2.16. The van der Waals surface area contributed by atoms with E-state index in [2.05, 4.69) is 4.72 Å². The van der Waals surface area contributed by atoms with Crippen LogP contribution in [0.15, 0.2) is 89.8 Å². The van der Waals surface area contributed by atoms with E-state index in [1.165, 1.54) is 48.3 Å². The summed E-state index contributed by atoms with van der Waals surface area (Å²) < 4.78 is 61.7. The van der Waals surface area contributed by atoms with Crippen LogP contribution in [0.3, 0.4) is 0 Å². The number of Topliss-reactive ketones (excluding diaryl/α,β-unsaturated/α-hetero) is 1. The molecule has 4 aromatic carbocycles. The number of fused-ring (bicyclic) bond motifs is 1. The molecule has 5 rings (SSSR count). The molecular weight excluding hydrogens is 502 g/mol. The SMILES string of the molecule is CN1C(=O)C(=O)c2ccc(-c3cc(NS(=O)(=O)c4ccccc4)ccc3Oc3ccc(F)cc3F)cc21. The molecule has 1 amide bonds. The first-order valence-electron chi connectivity index (χ1n) is 11.0.